The van der Waals surface area contributed by atoms with Crippen molar-refractivity contribution in [2.75, 3.05) is 5.32 Å². The summed E-state index contributed by atoms with van der Waals surface area (Å²) in [5, 5.41) is 12.5. The van der Waals surface area contributed by atoms with Gasteiger partial charge in [-0.25, -0.2) is 0 Å². The van der Waals surface area contributed by atoms with E-state index >= 15 is 0 Å². The van der Waals surface area contributed by atoms with Crippen molar-refractivity contribution >= 4 is 17.4 Å². The van der Waals surface area contributed by atoms with Gasteiger partial charge in [0, 0.05) is 12.1 Å². The molecule has 0 radical (unpaired) electrons. The lowest BCUT2D eigenvalue weighted by Gasteiger charge is -2.45. The van der Waals surface area contributed by atoms with E-state index in [0.29, 0.717) is 30.5 Å². The molecule has 3 unspecified atom stereocenters. The number of nitriles is 1. The van der Waals surface area contributed by atoms with Crippen molar-refractivity contribution in [1.29, 1.82) is 5.26 Å². The number of anilines is 1. The molecule has 3 aliphatic rings. The van der Waals surface area contributed by atoms with Crippen molar-refractivity contribution in [3.05, 3.63) is 41.3 Å². The monoisotopic (exact) mass is 309 g/mol. The molecule has 1 aromatic rings. The van der Waals surface area contributed by atoms with Crippen LogP contribution in [0.5, 0.6) is 0 Å². The number of ketones is 1. The Kier molecular flexibility index (Phi) is 2.76. The molecule has 4 rings (SSSR count). The van der Waals surface area contributed by atoms with Gasteiger partial charge in [0.1, 0.15) is 28.9 Å². The zero-order valence-corrected chi connectivity index (χ0v) is 12.3. The zero-order valence-electron chi connectivity index (χ0n) is 12.3. The van der Waals surface area contributed by atoms with Crippen LogP contribution in [0.25, 0.3) is 0 Å². The molecule has 1 aliphatic carbocycles. The van der Waals surface area contributed by atoms with Gasteiger partial charge in [0.15, 0.2) is 5.88 Å². The molecule has 1 fully saturated rings. The summed E-state index contributed by atoms with van der Waals surface area (Å²) in [6, 6.07) is 9.17. The maximum absolute atomic E-state index is 13.0. The first-order valence-electron chi connectivity index (χ1n) is 7.61. The van der Waals surface area contributed by atoms with Gasteiger partial charge in [0.25, 0.3) is 0 Å². The first-order chi connectivity index (χ1) is 11.1. The highest BCUT2D eigenvalue weighted by atomic mass is 16.5. The second-order valence-corrected chi connectivity index (χ2v) is 6.15. The van der Waals surface area contributed by atoms with Crippen molar-refractivity contribution in [2.45, 2.75) is 30.8 Å². The molecule has 1 amide bonds. The van der Waals surface area contributed by atoms with E-state index < -0.39 is 17.4 Å². The molecule has 116 valence electrons. The number of para-hydroxylation sites is 1. The molecule has 0 aromatic heterocycles. The highest BCUT2D eigenvalue weighted by Gasteiger charge is 2.64. The van der Waals surface area contributed by atoms with E-state index in [9.17, 15) is 14.9 Å². The Balaban J connectivity index is 2.06. The number of benzene rings is 1. The van der Waals surface area contributed by atoms with Crippen LogP contribution in [-0.2, 0) is 19.7 Å². The quantitative estimate of drug-likeness (QED) is 0.752. The Labute approximate surface area is 132 Å². The molecular weight excluding hydrogens is 294 g/mol. The third-order valence-electron chi connectivity index (χ3n) is 5.09. The molecule has 1 spiro atoms. The topological polar surface area (TPSA) is 105 Å². The van der Waals surface area contributed by atoms with Crippen LogP contribution in [0, 0.1) is 17.2 Å². The maximum atomic E-state index is 13.0. The van der Waals surface area contributed by atoms with Crippen LogP contribution in [-0.4, -0.2) is 17.8 Å². The SMILES string of the molecule is N#CC1=C(N)OC2CCCC(=O)C2C12C(=O)Nc1ccccc12. The van der Waals surface area contributed by atoms with Gasteiger partial charge in [-0.3, -0.25) is 9.59 Å². The molecule has 0 saturated heterocycles. The molecule has 2 heterocycles. The second kappa shape index (κ2) is 4.59. The predicted molar refractivity (Wildman–Crippen MR) is 80.8 cm³/mol. The first-order valence-corrected chi connectivity index (χ1v) is 7.61. The number of carbonyl (C=O) groups is 2. The number of carbonyl (C=O) groups excluding carboxylic acids is 2. The van der Waals surface area contributed by atoms with Gasteiger partial charge in [-0.1, -0.05) is 18.2 Å². The summed E-state index contributed by atoms with van der Waals surface area (Å²) in [4.78, 5) is 25.6. The third kappa shape index (κ3) is 1.57. The summed E-state index contributed by atoms with van der Waals surface area (Å²) in [5.41, 5.74) is 5.89. The number of nitrogens with one attached hydrogen (secondary N) is 1. The maximum Gasteiger partial charge on any atom is 0.241 e. The summed E-state index contributed by atoms with van der Waals surface area (Å²) in [6.45, 7) is 0. The Morgan fingerprint density at radius 3 is 2.91 bits per heavy atom. The van der Waals surface area contributed by atoms with E-state index in [1.807, 2.05) is 6.07 Å². The number of rotatable bonds is 0. The molecule has 6 heteroatoms. The fourth-order valence-electron chi connectivity index (χ4n) is 4.21. The summed E-state index contributed by atoms with van der Waals surface area (Å²) in [7, 11) is 0. The minimum absolute atomic E-state index is 0.0384. The average molecular weight is 309 g/mol. The number of ether oxygens (including phenoxy) is 1. The van der Waals surface area contributed by atoms with Crippen LogP contribution in [0.1, 0.15) is 24.8 Å². The highest BCUT2D eigenvalue weighted by molar-refractivity contribution is 6.12. The average Bonchev–Trinajstić information content (AvgIpc) is 2.81. The molecular formula is C17H15N3O3. The van der Waals surface area contributed by atoms with E-state index in [0.717, 1.165) is 0 Å². The standard InChI is InChI=1S/C17H15N3O3/c18-8-10-15(19)23-13-7-3-6-12(21)14(13)17(10)9-4-1-2-5-11(9)20-16(17)22/h1-2,4-5,13-14H,3,6-7,19H2,(H,20,22). The highest BCUT2D eigenvalue weighted by Crippen LogP contribution is 2.54. The van der Waals surface area contributed by atoms with Gasteiger partial charge in [-0.15, -0.1) is 0 Å². The Morgan fingerprint density at radius 1 is 1.35 bits per heavy atom. The fourth-order valence-corrected chi connectivity index (χ4v) is 4.21. The zero-order chi connectivity index (χ0) is 16.2. The molecule has 1 aromatic carbocycles. The van der Waals surface area contributed by atoms with Crippen LogP contribution in [0.4, 0.5) is 5.69 Å². The molecule has 0 bridgehead atoms. The summed E-state index contributed by atoms with van der Waals surface area (Å²) in [6.07, 6.45) is 1.27. The third-order valence-corrected chi connectivity index (χ3v) is 5.09. The molecule has 23 heavy (non-hydrogen) atoms. The van der Waals surface area contributed by atoms with Gasteiger partial charge in [0.05, 0.1) is 5.92 Å². The van der Waals surface area contributed by atoms with E-state index in [1.54, 1.807) is 24.3 Å². The van der Waals surface area contributed by atoms with Gasteiger partial charge >= 0.3 is 0 Å². The fraction of sp³-hybridized carbons (Fsp3) is 0.353. The first kappa shape index (κ1) is 13.8. The smallest absolute Gasteiger partial charge is 0.241 e. The van der Waals surface area contributed by atoms with E-state index in [4.69, 9.17) is 10.5 Å². The van der Waals surface area contributed by atoms with Gasteiger partial charge in [-0.05, 0) is 24.5 Å². The van der Waals surface area contributed by atoms with Crippen LogP contribution in [0.15, 0.2) is 35.7 Å². The van der Waals surface area contributed by atoms with Gasteiger partial charge < -0.3 is 15.8 Å². The minimum atomic E-state index is -1.37. The van der Waals surface area contributed by atoms with E-state index in [1.165, 1.54) is 0 Å². The molecule has 2 aliphatic heterocycles. The van der Waals surface area contributed by atoms with Crippen molar-refractivity contribution in [3.8, 4) is 6.07 Å². The number of nitrogens with two attached hydrogens (primary N) is 1. The summed E-state index contributed by atoms with van der Waals surface area (Å²) < 4.78 is 5.65. The van der Waals surface area contributed by atoms with E-state index in [2.05, 4.69) is 5.32 Å². The Bertz CT molecular complexity index is 808. The lowest BCUT2D eigenvalue weighted by atomic mass is 9.59. The second-order valence-electron chi connectivity index (χ2n) is 6.15. The summed E-state index contributed by atoms with van der Waals surface area (Å²) in [5.74, 6) is -1.17. The number of hydrogen-bond acceptors (Lipinski definition) is 5. The minimum Gasteiger partial charge on any atom is -0.474 e. The number of fused-ring (bicyclic) bond motifs is 4. The lowest BCUT2D eigenvalue weighted by molar-refractivity contribution is -0.142. The van der Waals surface area contributed by atoms with Gasteiger partial charge in [0.2, 0.25) is 5.91 Å². The number of hydrogen-bond donors (Lipinski definition) is 2. The van der Waals surface area contributed by atoms with Crippen LogP contribution >= 0.6 is 0 Å². The van der Waals surface area contributed by atoms with Crippen molar-refractivity contribution < 1.29 is 14.3 Å². The van der Waals surface area contributed by atoms with Crippen molar-refractivity contribution in [2.24, 2.45) is 11.7 Å². The van der Waals surface area contributed by atoms with Gasteiger partial charge in [-0.2, -0.15) is 5.26 Å². The van der Waals surface area contributed by atoms with E-state index in [-0.39, 0.29) is 23.1 Å². The van der Waals surface area contributed by atoms with Crippen molar-refractivity contribution in [1.82, 2.24) is 0 Å². The van der Waals surface area contributed by atoms with Crippen LogP contribution in [0.3, 0.4) is 0 Å². The Morgan fingerprint density at radius 2 is 2.13 bits per heavy atom. The van der Waals surface area contributed by atoms with Crippen LogP contribution < -0.4 is 11.1 Å². The van der Waals surface area contributed by atoms with Crippen molar-refractivity contribution in [3.63, 3.8) is 0 Å². The normalized spacial score (nSPS) is 32.0. The largest absolute Gasteiger partial charge is 0.474 e. The molecule has 3 N–H and O–H groups in total. The van der Waals surface area contributed by atoms with Crippen LogP contribution in [0.2, 0.25) is 0 Å². The predicted octanol–water partition coefficient (Wildman–Crippen LogP) is 1.34. The molecule has 6 nitrogen and oxygen atoms in total. The lowest BCUT2D eigenvalue weighted by Crippen LogP contribution is -2.57. The molecule has 3 atom stereocenters. The summed E-state index contributed by atoms with van der Waals surface area (Å²) >= 11 is 0. The number of nitrogens with zero attached hydrogens (tertiary/aromatic N) is 1. The number of Topliss-reactive ketones (excluding diaryl/α,β-unsaturated/α-hetero) is 1. The number of amides is 1. The Hall–Kier alpha value is -2.81. The molecule has 1 saturated carbocycles.